The molecule has 0 saturated carbocycles. The van der Waals surface area contributed by atoms with Gasteiger partial charge in [-0.3, -0.25) is 16.0 Å². The van der Waals surface area contributed by atoms with Gasteiger partial charge in [-0.25, -0.2) is 0 Å². The zero-order valence-corrected chi connectivity index (χ0v) is 12.5. The van der Waals surface area contributed by atoms with E-state index in [1.807, 2.05) is 16.4 Å². The third-order valence-electron chi connectivity index (χ3n) is 3.34. The number of hydrazine groups is 1. The Hall–Kier alpha value is -0.230. The van der Waals surface area contributed by atoms with Crippen molar-refractivity contribution in [2.75, 3.05) is 5.75 Å². The molecule has 18 heavy (non-hydrogen) atoms. The van der Waals surface area contributed by atoms with E-state index in [2.05, 4.69) is 24.4 Å². The molecule has 0 aromatic carbocycles. The lowest BCUT2D eigenvalue weighted by Crippen LogP contribution is -2.38. The Morgan fingerprint density at radius 3 is 2.89 bits per heavy atom. The van der Waals surface area contributed by atoms with Crippen LogP contribution in [-0.4, -0.2) is 20.8 Å². The lowest BCUT2D eigenvalue weighted by molar-refractivity contribution is 0.426. The van der Waals surface area contributed by atoms with Gasteiger partial charge in [0.2, 0.25) is 0 Å². The summed E-state index contributed by atoms with van der Waals surface area (Å²) in [6.07, 6.45) is 5.47. The molecule has 0 radical (unpaired) electrons. The van der Waals surface area contributed by atoms with Crippen LogP contribution in [0.4, 0.5) is 0 Å². The molecule has 0 amide bonds. The SMILES string of the molecule is CC(C)n1ncc(Cl)c1C(NN)C1CCCCS1. The molecule has 1 aliphatic rings. The van der Waals surface area contributed by atoms with Gasteiger partial charge in [0.25, 0.3) is 0 Å². The van der Waals surface area contributed by atoms with Crippen LogP contribution in [-0.2, 0) is 0 Å². The number of aromatic nitrogens is 2. The second kappa shape index (κ2) is 6.28. The maximum absolute atomic E-state index is 6.29. The first-order chi connectivity index (χ1) is 8.65. The van der Waals surface area contributed by atoms with E-state index in [-0.39, 0.29) is 12.1 Å². The number of nitrogens with one attached hydrogen (secondary N) is 1. The van der Waals surface area contributed by atoms with Crippen molar-refractivity contribution < 1.29 is 0 Å². The zero-order chi connectivity index (χ0) is 13.1. The van der Waals surface area contributed by atoms with Crippen LogP contribution in [0.1, 0.15) is 50.9 Å². The Balaban J connectivity index is 2.28. The first kappa shape index (κ1) is 14.2. The van der Waals surface area contributed by atoms with Crippen molar-refractivity contribution in [2.45, 2.75) is 50.4 Å². The molecule has 2 heterocycles. The molecule has 1 aliphatic heterocycles. The molecule has 102 valence electrons. The first-order valence-electron chi connectivity index (χ1n) is 6.45. The van der Waals surface area contributed by atoms with E-state index in [0.717, 1.165) is 5.69 Å². The molecule has 1 aromatic heterocycles. The Morgan fingerprint density at radius 2 is 2.33 bits per heavy atom. The van der Waals surface area contributed by atoms with E-state index in [9.17, 15) is 0 Å². The molecule has 1 saturated heterocycles. The summed E-state index contributed by atoms with van der Waals surface area (Å²) in [7, 11) is 0. The Labute approximate surface area is 118 Å². The summed E-state index contributed by atoms with van der Waals surface area (Å²) < 4.78 is 1.97. The standard InChI is InChI=1S/C12H21ClN4S/c1-8(2)17-12(9(13)7-15-17)11(16-14)10-5-3-4-6-18-10/h7-8,10-11,16H,3-6,14H2,1-2H3. The van der Waals surface area contributed by atoms with Crippen LogP contribution in [0.15, 0.2) is 6.20 Å². The van der Waals surface area contributed by atoms with Crippen LogP contribution in [0.2, 0.25) is 5.02 Å². The lowest BCUT2D eigenvalue weighted by Gasteiger charge is -2.30. The fourth-order valence-corrected chi connectivity index (χ4v) is 4.10. The van der Waals surface area contributed by atoms with Crippen molar-refractivity contribution >= 4 is 23.4 Å². The minimum absolute atomic E-state index is 0.0766. The molecular formula is C12H21ClN4S. The molecule has 3 N–H and O–H groups in total. The van der Waals surface area contributed by atoms with Crippen molar-refractivity contribution in [1.82, 2.24) is 15.2 Å². The summed E-state index contributed by atoms with van der Waals surface area (Å²) in [5, 5.41) is 5.55. The van der Waals surface area contributed by atoms with Gasteiger partial charge in [0.05, 0.1) is 23.0 Å². The highest BCUT2D eigenvalue weighted by Gasteiger charge is 2.30. The minimum Gasteiger partial charge on any atom is -0.271 e. The molecule has 0 bridgehead atoms. The average molecular weight is 289 g/mol. The molecule has 2 atom stereocenters. The number of halogens is 1. The molecule has 1 aromatic rings. The average Bonchev–Trinajstić information content (AvgIpc) is 2.74. The molecule has 2 unspecified atom stereocenters. The highest BCUT2D eigenvalue weighted by molar-refractivity contribution is 8.00. The maximum atomic E-state index is 6.29. The normalized spacial score (nSPS) is 22.4. The number of nitrogens with two attached hydrogens (primary N) is 1. The summed E-state index contributed by atoms with van der Waals surface area (Å²) in [6, 6.07) is 0.365. The van der Waals surface area contributed by atoms with Crippen molar-refractivity contribution in [3.63, 3.8) is 0 Å². The number of hydrogen-bond donors (Lipinski definition) is 2. The molecular weight excluding hydrogens is 268 g/mol. The third-order valence-corrected chi connectivity index (χ3v) is 5.09. The van der Waals surface area contributed by atoms with Gasteiger partial charge in [0.1, 0.15) is 0 Å². The van der Waals surface area contributed by atoms with Gasteiger partial charge >= 0.3 is 0 Å². The van der Waals surface area contributed by atoms with E-state index in [4.69, 9.17) is 17.4 Å². The van der Waals surface area contributed by atoms with Crippen LogP contribution >= 0.6 is 23.4 Å². The number of rotatable bonds is 4. The maximum Gasteiger partial charge on any atom is 0.0835 e. The van der Waals surface area contributed by atoms with E-state index < -0.39 is 0 Å². The second-order valence-electron chi connectivity index (χ2n) is 4.97. The number of thioether (sulfide) groups is 1. The zero-order valence-electron chi connectivity index (χ0n) is 10.9. The fraction of sp³-hybridized carbons (Fsp3) is 0.750. The summed E-state index contributed by atoms with van der Waals surface area (Å²) >= 11 is 8.27. The van der Waals surface area contributed by atoms with Gasteiger partial charge in [-0.1, -0.05) is 18.0 Å². The van der Waals surface area contributed by atoms with Gasteiger partial charge in [-0.2, -0.15) is 16.9 Å². The lowest BCUT2D eigenvalue weighted by atomic mass is 10.0. The molecule has 4 nitrogen and oxygen atoms in total. The van der Waals surface area contributed by atoms with Crippen LogP contribution in [0.25, 0.3) is 0 Å². The van der Waals surface area contributed by atoms with Gasteiger partial charge in [-0.15, -0.1) is 0 Å². The highest BCUT2D eigenvalue weighted by Crippen LogP contribution is 2.37. The Bertz CT molecular complexity index is 387. The Morgan fingerprint density at radius 1 is 1.56 bits per heavy atom. The van der Waals surface area contributed by atoms with Gasteiger partial charge in [-0.05, 0) is 32.4 Å². The fourth-order valence-electron chi connectivity index (χ4n) is 2.44. The third kappa shape index (κ3) is 2.85. The smallest absolute Gasteiger partial charge is 0.0835 e. The molecule has 2 rings (SSSR count). The Kier molecular flexibility index (Phi) is 4.95. The van der Waals surface area contributed by atoms with E-state index >= 15 is 0 Å². The summed E-state index contributed by atoms with van der Waals surface area (Å²) in [4.78, 5) is 0. The molecule has 0 spiro atoms. The quantitative estimate of drug-likeness (QED) is 0.661. The van der Waals surface area contributed by atoms with E-state index in [1.165, 1.54) is 25.0 Å². The van der Waals surface area contributed by atoms with Crippen molar-refractivity contribution in [2.24, 2.45) is 5.84 Å². The van der Waals surface area contributed by atoms with E-state index in [0.29, 0.717) is 10.3 Å². The van der Waals surface area contributed by atoms with Crippen LogP contribution in [0, 0.1) is 0 Å². The van der Waals surface area contributed by atoms with Gasteiger partial charge < -0.3 is 0 Å². The van der Waals surface area contributed by atoms with E-state index in [1.54, 1.807) is 6.20 Å². The molecule has 1 fully saturated rings. The molecule has 0 aliphatic carbocycles. The number of nitrogens with zero attached hydrogens (tertiary/aromatic N) is 2. The topological polar surface area (TPSA) is 55.9 Å². The summed E-state index contributed by atoms with van der Waals surface area (Å²) in [6.45, 7) is 4.21. The monoisotopic (exact) mass is 288 g/mol. The van der Waals surface area contributed by atoms with Gasteiger partial charge in [0.15, 0.2) is 0 Å². The van der Waals surface area contributed by atoms with Crippen molar-refractivity contribution in [3.05, 3.63) is 16.9 Å². The first-order valence-corrected chi connectivity index (χ1v) is 7.88. The minimum atomic E-state index is 0.0766. The summed E-state index contributed by atoms with van der Waals surface area (Å²) in [5.41, 5.74) is 3.97. The second-order valence-corrected chi connectivity index (χ2v) is 6.72. The van der Waals surface area contributed by atoms with Crippen molar-refractivity contribution in [3.8, 4) is 0 Å². The number of hydrogen-bond acceptors (Lipinski definition) is 4. The van der Waals surface area contributed by atoms with Crippen LogP contribution in [0.3, 0.4) is 0 Å². The largest absolute Gasteiger partial charge is 0.271 e. The van der Waals surface area contributed by atoms with Crippen LogP contribution < -0.4 is 11.3 Å². The predicted molar refractivity (Wildman–Crippen MR) is 77.8 cm³/mol. The highest BCUT2D eigenvalue weighted by atomic mass is 35.5. The predicted octanol–water partition coefficient (Wildman–Crippen LogP) is 2.91. The van der Waals surface area contributed by atoms with Crippen LogP contribution in [0.5, 0.6) is 0 Å². The van der Waals surface area contributed by atoms with Crippen molar-refractivity contribution in [1.29, 1.82) is 0 Å². The summed E-state index contributed by atoms with van der Waals surface area (Å²) in [5.74, 6) is 6.97. The molecule has 6 heteroatoms. The van der Waals surface area contributed by atoms with Gasteiger partial charge in [0, 0.05) is 11.3 Å².